The van der Waals surface area contributed by atoms with Gasteiger partial charge in [0, 0.05) is 0 Å². The SMILES string of the molecule is CC(C)(C)c1ccc(-c2cc(-c3cccc(-c4cccc(C#N)c4)c3)c(-c3ccc(C(C)(C)C)cc3)c3c2-c2cccc4cccc-3c24)cc1. The summed E-state index contributed by atoms with van der Waals surface area (Å²) in [5.74, 6) is 0. The Morgan fingerprint density at radius 1 is 0.400 bits per heavy atom. The largest absolute Gasteiger partial charge is 0.192 e. The van der Waals surface area contributed by atoms with E-state index in [1.54, 1.807) is 0 Å². The molecule has 1 heteroatoms. The van der Waals surface area contributed by atoms with Crippen LogP contribution in [0, 0.1) is 11.3 Å². The predicted molar refractivity (Wildman–Crippen MR) is 212 cm³/mol. The Labute approximate surface area is 296 Å². The van der Waals surface area contributed by atoms with Crippen LogP contribution in [-0.4, -0.2) is 0 Å². The molecule has 0 N–H and O–H groups in total. The number of nitrogens with zero attached hydrogens (tertiary/aromatic N) is 1. The smallest absolute Gasteiger partial charge is 0.0991 e. The summed E-state index contributed by atoms with van der Waals surface area (Å²) in [6.45, 7) is 13.6. The molecular formula is C49H41N. The number of rotatable bonds is 4. The van der Waals surface area contributed by atoms with E-state index in [1.165, 1.54) is 72.0 Å². The molecule has 0 amide bonds. The molecule has 0 aliphatic heterocycles. The van der Waals surface area contributed by atoms with E-state index in [2.05, 4.69) is 169 Å². The molecule has 50 heavy (non-hydrogen) atoms. The Bertz CT molecular complexity index is 2470. The third kappa shape index (κ3) is 5.33. The first-order valence-electron chi connectivity index (χ1n) is 17.6. The molecule has 0 fully saturated rings. The molecule has 8 rings (SSSR count). The molecule has 0 aromatic heterocycles. The zero-order valence-corrected chi connectivity index (χ0v) is 29.7. The highest BCUT2D eigenvalue weighted by atomic mass is 14.3. The Balaban J connectivity index is 1.47. The van der Waals surface area contributed by atoms with Crippen molar-refractivity contribution in [2.45, 2.75) is 52.4 Å². The number of benzene rings is 7. The molecule has 1 aliphatic rings. The average molecular weight is 644 g/mol. The third-order valence-electron chi connectivity index (χ3n) is 10.4. The highest BCUT2D eigenvalue weighted by molar-refractivity contribution is 6.22. The lowest BCUT2D eigenvalue weighted by Crippen LogP contribution is -2.10. The topological polar surface area (TPSA) is 23.8 Å². The van der Waals surface area contributed by atoms with Crippen LogP contribution >= 0.6 is 0 Å². The van der Waals surface area contributed by atoms with Crippen molar-refractivity contribution in [3.63, 3.8) is 0 Å². The van der Waals surface area contributed by atoms with Gasteiger partial charge in [0.15, 0.2) is 0 Å². The van der Waals surface area contributed by atoms with Crippen molar-refractivity contribution < 1.29 is 0 Å². The minimum absolute atomic E-state index is 0.0561. The summed E-state index contributed by atoms with van der Waals surface area (Å²) in [5, 5.41) is 12.2. The summed E-state index contributed by atoms with van der Waals surface area (Å²) in [4.78, 5) is 0. The molecular weight excluding hydrogens is 603 g/mol. The van der Waals surface area contributed by atoms with Crippen LogP contribution in [-0.2, 0) is 10.8 Å². The van der Waals surface area contributed by atoms with Gasteiger partial charge in [0.25, 0.3) is 0 Å². The molecule has 0 atom stereocenters. The normalized spacial score (nSPS) is 12.2. The molecule has 0 radical (unpaired) electrons. The van der Waals surface area contributed by atoms with Gasteiger partial charge in [-0.15, -0.1) is 0 Å². The Morgan fingerprint density at radius 3 is 1.50 bits per heavy atom. The molecule has 0 heterocycles. The lowest BCUT2D eigenvalue weighted by Gasteiger charge is -2.23. The van der Waals surface area contributed by atoms with Crippen LogP contribution in [0.5, 0.6) is 0 Å². The van der Waals surface area contributed by atoms with Gasteiger partial charge in [-0.2, -0.15) is 5.26 Å². The van der Waals surface area contributed by atoms with E-state index in [0.29, 0.717) is 5.56 Å². The molecule has 0 bridgehead atoms. The zero-order chi connectivity index (χ0) is 34.8. The molecule has 1 aliphatic carbocycles. The van der Waals surface area contributed by atoms with Crippen LogP contribution in [0.4, 0.5) is 0 Å². The lowest BCUT2D eigenvalue weighted by molar-refractivity contribution is 0.590. The van der Waals surface area contributed by atoms with Gasteiger partial charge in [-0.25, -0.2) is 0 Å². The van der Waals surface area contributed by atoms with E-state index >= 15 is 0 Å². The first-order valence-corrected chi connectivity index (χ1v) is 17.6. The summed E-state index contributed by atoms with van der Waals surface area (Å²) in [5.41, 5.74) is 18.0. The van der Waals surface area contributed by atoms with E-state index < -0.39 is 0 Å². The van der Waals surface area contributed by atoms with Gasteiger partial charge in [0.2, 0.25) is 0 Å². The first kappa shape index (κ1) is 31.6. The minimum Gasteiger partial charge on any atom is -0.192 e. The molecule has 0 saturated heterocycles. The fourth-order valence-electron chi connectivity index (χ4n) is 7.67. The van der Waals surface area contributed by atoms with Crippen molar-refractivity contribution in [2.24, 2.45) is 0 Å². The van der Waals surface area contributed by atoms with E-state index in [4.69, 9.17) is 0 Å². The second-order valence-electron chi connectivity index (χ2n) is 15.7. The van der Waals surface area contributed by atoms with Crippen LogP contribution in [0.2, 0.25) is 0 Å². The maximum Gasteiger partial charge on any atom is 0.0991 e. The zero-order valence-electron chi connectivity index (χ0n) is 29.7. The van der Waals surface area contributed by atoms with Gasteiger partial charge in [-0.05, 0) is 124 Å². The standard InChI is InChI=1S/C49H41N/c1-48(2,3)38-23-19-32(20-24-38)42-29-43(37-16-8-15-36(28-37)35-14-7-11-31(27-35)30-50)45(34-21-25-39(26-22-34)49(4,5)6)47-41-18-10-13-33-12-9-17-40(44(33)41)46(42)47/h7-29H,1-6H3. The monoisotopic (exact) mass is 643 g/mol. The summed E-state index contributed by atoms with van der Waals surface area (Å²) in [7, 11) is 0. The highest BCUT2D eigenvalue weighted by Crippen LogP contribution is 2.57. The van der Waals surface area contributed by atoms with Crippen LogP contribution in [0.15, 0.2) is 140 Å². The van der Waals surface area contributed by atoms with E-state index in [1.807, 2.05) is 18.2 Å². The summed E-state index contributed by atoms with van der Waals surface area (Å²) in [6, 6.07) is 53.4. The maximum atomic E-state index is 9.65. The van der Waals surface area contributed by atoms with Crippen LogP contribution < -0.4 is 0 Å². The Kier molecular flexibility index (Phi) is 7.39. The van der Waals surface area contributed by atoms with Crippen molar-refractivity contribution in [2.75, 3.05) is 0 Å². The summed E-state index contributed by atoms with van der Waals surface area (Å²) < 4.78 is 0. The lowest BCUT2D eigenvalue weighted by atomic mass is 9.80. The van der Waals surface area contributed by atoms with Crippen LogP contribution in [0.1, 0.15) is 58.2 Å². The quantitative estimate of drug-likeness (QED) is 0.187. The van der Waals surface area contributed by atoms with Crippen molar-refractivity contribution in [3.8, 4) is 72.8 Å². The van der Waals surface area contributed by atoms with Gasteiger partial charge in [-0.3, -0.25) is 0 Å². The van der Waals surface area contributed by atoms with E-state index in [0.717, 1.165) is 16.7 Å². The van der Waals surface area contributed by atoms with Gasteiger partial charge in [0.05, 0.1) is 11.6 Å². The predicted octanol–water partition coefficient (Wildman–Crippen LogP) is 13.6. The van der Waals surface area contributed by atoms with Crippen LogP contribution in [0.3, 0.4) is 0 Å². The van der Waals surface area contributed by atoms with Crippen molar-refractivity contribution in [1.82, 2.24) is 0 Å². The fraction of sp³-hybridized carbons (Fsp3) is 0.163. The Morgan fingerprint density at radius 2 is 0.900 bits per heavy atom. The van der Waals surface area contributed by atoms with E-state index in [-0.39, 0.29) is 10.8 Å². The van der Waals surface area contributed by atoms with Crippen molar-refractivity contribution in [1.29, 1.82) is 5.26 Å². The summed E-state index contributed by atoms with van der Waals surface area (Å²) in [6.07, 6.45) is 0. The number of fused-ring (bicyclic) bond motifs is 3. The highest BCUT2D eigenvalue weighted by Gasteiger charge is 2.30. The van der Waals surface area contributed by atoms with Gasteiger partial charge in [0.1, 0.15) is 0 Å². The molecule has 0 unspecified atom stereocenters. The van der Waals surface area contributed by atoms with Crippen molar-refractivity contribution >= 4 is 10.8 Å². The second-order valence-corrected chi connectivity index (χ2v) is 15.7. The number of hydrogen-bond acceptors (Lipinski definition) is 1. The molecule has 242 valence electrons. The van der Waals surface area contributed by atoms with E-state index in [9.17, 15) is 5.26 Å². The van der Waals surface area contributed by atoms with Crippen molar-refractivity contribution in [3.05, 3.63) is 156 Å². The molecule has 7 aromatic rings. The average Bonchev–Trinajstić information content (AvgIpc) is 3.46. The molecule has 1 nitrogen and oxygen atoms in total. The molecule has 7 aromatic carbocycles. The molecule has 0 saturated carbocycles. The Hall–Kier alpha value is -5.71. The van der Waals surface area contributed by atoms with Crippen LogP contribution in [0.25, 0.3) is 77.5 Å². The fourth-order valence-corrected chi connectivity index (χ4v) is 7.67. The molecule has 0 spiro atoms. The van der Waals surface area contributed by atoms with Gasteiger partial charge in [-0.1, -0.05) is 157 Å². The number of hydrogen-bond donors (Lipinski definition) is 0. The maximum absolute atomic E-state index is 9.65. The second kappa shape index (κ2) is 11.7. The first-order chi connectivity index (χ1) is 24.0. The minimum atomic E-state index is 0.0561. The number of nitriles is 1. The van der Waals surface area contributed by atoms with Gasteiger partial charge >= 0.3 is 0 Å². The third-order valence-corrected chi connectivity index (χ3v) is 10.4. The summed E-state index contributed by atoms with van der Waals surface area (Å²) >= 11 is 0. The van der Waals surface area contributed by atoms with Gasteiger partial charge < -0.3 is 0 Å².